The van der Waals surface area contributed by atoms with Gasteiger partial charge in [-0.15, -0.1) is 0 Å². The Bertz CT molecular complexity index is 431. The molecule has 1 aromatic rings. The Morgan fingerprint density at radius 2 is 2.33 bits per heavy atom. The van der Waals surface area contributed by atoms with Crippen molar-refractivity contribution in [2.45, 2.75) is 0 Å². The van der Waals surface area contributed by atoms with Gasteiger partial charge in [-0.25, -0.2) is 0 Å². The average molecular weight is 207 g/mol. The molecule has 0 unspecified atom stereocenters. The van der Waals surface area contributed by atoms with Gasteiger partial charge in [-0.1, -0.05) is 11.8 Å². The molecule has 1 N–H and O–H groups in total. The van der Waals surface area contributed by atoms with Crippen LogP contribution in [0.3, 0.4) is 0 Å². The highest BCUT2D eigenvalue weighted by Gasteiger charge is 2.12. The Kier molecular flexibility index (Phi) is 3.66. The van der Waals surface area contributed by atoms with Crippen LogP contribution in [0, 0.1) is 22.0 Å². The molecule has 0 fully saturated rings. The highest BCUT2D eigenvalue weighted by atomic mass is 16.6. The number of nitro benzene ring substituents is 1. The Morgan fingerprint density at radius 1 is 1.60 bits per heavy atom. The predicted octanol–water partition coefficient (Wildman–Crippen LogP) is 0.947. The van der Waals surface area contributed by atoms with E-state index in [0.29, 0.717) is 5.75 Å². The van der Waals surface area contributed by atoms with Crippen LogP contribution in [0.15, 0.2) is 18.2 Å². The Balaban J connectivity index is 3.22. The van der Waals surface area contributed by atoms with Gasteiger partial charge in [0.05, 0.1) is 12.0 Å². The lowest BCUT2D eigenvalue weighted by Gasteiger charge is -2.00. The fourth-order valence-electron chi connectivity index (χ4n) is 1.04. The Labute approximate surface area is 86.5 Å². The van der Waals surface area contributed by atoms with Gasteiger partial charge in [0.1, 0.15) is 17.9 Å². The average Bonchev–Trinajstić information content (AvgIpc) is 2.25. The van der Waals surface area contributed by atoms with Crippen LogP contribution in [0.2, 0.25) is 0 Å². The molecule has 5 heteroatoms. The molecular formula is C10H9NO4. The number of hydrogen-bond acceptors (Lipinski definition) is 4. The van der Waals surface area contributed by atoms with Crippen molar-refractivity contribution in [3.8, 4) is 17.6 Å². The van der Waals surface area contributed by atoms with E-state index in [2.05, 4.69) is 11.8 Å². The number of hydrogen-bond donors (Lipinski definition) is 1. The van der Waals surface area contributed by atoms with E-state index in [0.717, 1.165) is 0 Å². The van der Waals surface area contributed by atoms with Crippen LogP contribution in [-0.4, -0.2) is 23.7 Å². The summed E-state index contributed by atoms with van der Waals surface area (Å²) in [7, 11) is 1.46. The molecular weight excluding hydrogens is 198 g/mol. The van der Waals surface area contributed by atoms with Crippen molar-refractivity contribution in [1.82, 2.24) is 0 Å². The normalized spacial score (nSPS) is 8.93. The zero-order valence-electron chi connectivity index (χ0n) is 8.06. The lowest BCUT2D eigenvalue weighted by molar-refractivity contribution is -0.385. The van der Waals surface area contributed by atoms with Gasteiger partial charge in [0.2, 0.25) is 0 Å². The van der Waals surface area contributed by atoms with Crippen LogP contribution in [0.1, 0.15) is 5.56 Å². The minimum atomic E-state index is -0.527. The second-order valence-corrected chi connectivity index (χ2v) is 2.60. The van der Waals surface area contributed by atoms with Gasteiger partial charge in [-0.3, -0.25) is 10.1 Å². The van der Waals surface area contributed by atoms with Gasteiger partial charge in [-0.2, -0.15) is 0 Å². The molecule has 0 atom stereocenters. The van der Waals surface area contributed by atoms with Gasteiger partial charge in [0, 0.05) is 12.1 Å². The second-order valence-electron chi connectivity index (χ2n) is 2.60. The van der Waals surface area contributed by atoms with E-state index in [-0.39, 0.29) is 17.9 Å². The minimum absolute atomic E-state index is 0.100. The molecule has 5 nitrogen and oxygen atoms in total. The van der Waals surface area contributed by atoms with Gasteiger partial charge < -0.3 is 9.84 Å². The summed E-state index contributed by atoms with van der Waals surface area (Å²) in [5, 5.41) is 19.1. The summed E-state index contributed by atoms with van der Waals surface area (Å²) in [6, 6.07) is 4.27. The lowest BCUT2D eigenvalue weighted by atomic mass is 10.2. The van der Waals surface area contributed by atoms with E-state index < -0.39 is 4.92 Å². The Hall–Kier alpha value is -2.06. The van der Waals surface area contributed by atoms with Crippen LogP contribution < -0.4 is 4.74 Å². The van der Waals surface area contributed by atoms with E-state index >= 15 is 0 Å². The molecule has 1 aromatic carbocycles. The molecule has 0 aliphatic rings. The number of aliphatic hydroxyl groups excluding tert-OH is 1. The Morgan fingerprint density at radius 3 is 2.87 bits per heavy atom. The largest absolute Gasteiger partial charge is 0.497 e. The molecule has 0 aliphatic carbocycles. The van der Waals surface area contributed by atoms with E-state index in [4.69, 9.17) is 9.84 Å². The van der Waals surface area contributed by atoms with E-state index in [1.807, 2.05) is 0 Å². The molecule has 15 heavy (non-hydrogen) atoms. The summed E-state index contributed by atoms with van der Waals surface area (Å²) in [5.74, 6) is 5.34. The molecule has 0 aromatic heterocycles. The maximum atomic E-state index is 10.6. The third-order valence-electron chi connectivity index (χ3n) is 1.70. The first-order chi connectivity index (χ1) is 7.19. The van der Waals surface area contributed by atoms with Crippen molar-refractivity contribution >= 4 is 5.69 Å². The third-order valence-corrected chi connectivity index (χ3v) is 1.70. The standard InChI is InChI=1S/C10H9NO4/c1-15-9-4-5-10(11(13)14)8(7-9)3-2-6-12/h4-5,7,12H,6H2,1H3. The monoisotopic (exact) mass is 207 g/mol. The highest BCUT2D eigenvalue weighted by Crippen LogP contribution is 2.22. The zero-order valence-corrected chi connectivity index (χ0v) is 8.06. The number of nitro groups is 1. The van der Waals surface area contributed by atoms with Gasteiger partial charge in [0.25, 0.3) is 5.69 Å². The lowest BCUT2D eigenvalue weighted by Crippen LogP contribution is -1.93. The van der Waals surface area contributed by atoms with E-state index in [1.165, 1.54) is 25.3 Å². The number of aliphatic hydroxyl groups is 1. The smallest absolute Gasteiger partial charge is 0.285 e. The maximum absolute atomic E-state index is 10.6. The molecule has 0 bridgehead atoms. The molecule has 0 saturated heterocycles. The number of ether oxygens (including phenoxy) is 1. The summed E-state index contributed by atoms with van der Waals surface area (Å²) in [6.45, 7) is -0.339. The quantitative estimate of drug-likeness (QED) is 0.445. The number of rotatable bonds is 2. The maximum Gasteiger partial charge on any atom is 0.285 e. The molecule has 0 amide bonds. The summed E-state index contributed by atoms with van der Waals surface area (Å²) in [4.78, 5) is 10.1. The number of methoxy groups -OCH3 is 1. The highest BCUT2D eigenvalue weighted by molar-refractivity contribution is 5.54. The number of benzene rings is 1. The molecule has 78 valence electrons. The van der Waals surface area contributed by atoms with E-state index in [1.54, 1.807) is 0 Å². The van der Waals surface area contributed by atoms with Crippen LogP contribution in [-0.2, 0) is 0 Å². The topological polar surface area (TPSA) is 72.6 Å². The summed E-state index contributed by atoms with van der Waals surface area (Å²) in [5.41, 5.74) is 0.130. The molecule has 0 radical (unpaired) electrons. The molecule has 0 aliphatic heterocycles. The van der Waals surface area contributed by atoms with Crippen molar-refractivity contribution in [3.05, 3.63) is 33.9 Å². The van der Waals surface area contributed by atoms with Crippen LogP contribution in [0.25, 0.3) is 0 Å². The molecule has 0 spiro atoms. The molecule has 0 heterocycles. The van der Waals surface area contributed by atoms with Crippen molar-refractivity contribution < 1.29 is 14.8 Å². The second kappa shape index (κ2) is 4.98. The third kappa shape index (κ3) is 2.69. The van der Waals surface area contributed by atoms with Gasteiger partial charge >= 0.3 is 0 Å². The minimum Gasteiger partial charge on any atom is -0.497 e. The summed E-state index contributed by atoms with van der Waals surface area (Å²) < 4.78 is 4.92. The first kappa shape index (κ1) is 11.0. The SMILES string of the molecule is COc1ccc([N+](=O)[O-])c(C#CCO)c1. The predicted molar refractivity (Wildman–Crippen MR) is 53.6 cm³/mol. The fourth-order valence-corrected chi connectivity index (χ4v) is 1.04. The van der Waals surface area contributed by atoms with Crippen molar-refractivity contribution in [3.63, 3.8) is 0 Å². The number of nitrogens with zero attached hydrogens (tertiary/aromatic N) is 1. The summed E-state index contributed by atoms with van der Waals surface area (Å²) in [6.07, 6.45) is 0. The summed E-state index contributed by atoms with van der Waals surface area (Å²) >= 11 is 0. The zero-order chi connectivity index (χ0) is 11.3. The van der Waals surface area contributed by atoms with E-state index in [9.17, 15) is 10.1 Å². The van der Waals surface area contributed by atoms with Crippen molar-refractivity contribution in [2.75, 3.05) is 13.7 Å². The first-order valence-electron chi connectivity index (χ1n) is 4.11. The van der Waals surface area contributed by atoms with Gasteiger partial charge in [0.15, 0.2) is 0 Å². The molecule has 0 saturated carbocycles. The van der Waals surface area contributed by atoms with Crippen LogP contribution in [0.4, 0.5) is 5.69 Å². The first-order valence-corrected chi connectivity index (χ1v) is 4.11. The molecule has 1 rings (SSSR count). The van der Waals surface area contributed by atoms with Gasteiger partial charge in [-0.05, 0) is 6.07 Å². The van der Waals surface area contributed by atoms with Crippen LogP contribution in [0.5, 0.6) is 5.75 Å². The van der Waals surface area contributed by atoms with Crippen LogP contribution >= 0.6 is 0 Å². The van der Waals surface area contributed by atoms with Crippen molar-refractivity contribution in [1.29, 1.82) is 0 Å². The fraction of sp³-hybridized carbons (Fsp3) is 0.200. The van der Waals surface area contributed by atoms with Crippen molar-refractivity contribution in [2.24, 2.45) is 0 Å².